The van der Waals surface area contributed by atoms with Crippen molar-refractivity contribution >= 4 is 21.8 Å². The van der Waals surface area contributed by atoms with E-state index in [1.165, 1.54) is 11.1 Å². The topological polar surface area (TPSA) is 35.9 Å². The second kappa shape index (κ2) is 14.4. The molecule has 3 heterocycles. The number of pyridine rings is 1. The van der Waals surface area contributed by atoms with E-state index >= 15 is 0 Å². The zero-order valence-electron chi connectivity index (χ0n) is 30.1. The molecule has 266 valence electrons. The van der Waals surface area contributed by atoms with Gasteiger partial charge in [-0.1, -0.05) is 111 Å². The van der Waals surface area contributed by atoms with Crippen molar-refractivity contribution in [1.29, 1.82) is 0 Å². The van der Waals surface area contributed by atoms with Gasteiger partial charge in [-0.15, -0.1) is 29.7 Å². The zero-order chi connectivity index (χ0) is 35.9. The Morgan fingerprint density at radius 2 is 1.39 bits per heavy atom. The van der Waals surface area contributed by atoms with Gasteiger partial charge in [0.1, 0.15) is 5.82 Å². The summed E-state index contributed by atoms with van der Waals surface area (Å²) in [5, 5.41) is 2.23. The quantitative estimate of drug-likeness (QED) is 0.118. The second-order valence-corrected chi connectivity index (χ2v) is 14.2. The van der Waals surface area contributed by atoms with Crippen molar-refractivity contribution in [3.8, 4) is 50.9 Å². The predicted molar refractivity (Wildman–Crippen MR) is 212 cm³/mol. The second-order valence-electron chi connectivity index (χ2n) is 14.2. The Morgan fingerprint density at radius 1 is 0.648 bits per heavy atom. The molecule has 0 bridgehead atoms. The molecule has 5 nitrogen and oxygen atoms in total. The van der Waals surface area contributed by atoms with Crippen LogP contribution < -0.4 is 9.30 Å². The molecule has 0 aliphatic heterocycles. The number of aromatic nitrogens is 4. The maximum atomic E-state index is 6.46. The molecule has 0 spiro atoms. The van der Waals surface area contributed by atoms with E-state index in [2.05, 4.69) is 153 Å². The van der Waals surface area contributed by atoms with E-state index in [4.69, 9.17) is 9.72 Å². The molecule has 0 unspecified atom stereocenters. The average Bonchev–Trinajstić information content (AvgIpc) is 3.82. The van der Waals surface area contributed by atoms with E-state index in [-0.39, 0.29) is 26.5 Å². The van der Waals surface area contributed by atoms with Crippen LogP contribution in [0.5, 0.6) is 11.5 Å². The number of nitrogens with zero attached hydrogens (tertiary/aromatic N) is 4. The first-order valence-electron chi connectivity index (χ1n) is 17.8. The average molecular weight is 880 g/mol. The van der Waals surface area contributed by atoms with Gasteiger partial charge in [-0.3, -0.25) is 4.57 Å². The molecule has 54 heavy (non-hydrogen) atoms. The van der Waals surface area contributed by atoms with E-state index in [0.29, 0.717) is 11.5 Å². The molecule has 6 heteroatoms. The number of fused-ring (bicyclic) bond motifs is 3. The summed E-state index contributed by atoms with van der Waals surface area (Å²) in [4.78, 5) is 4.81. The minimum Gasteiger partial charge on any atom is -0.510 e. The molecule has 3 aromatic heterocycles. The normalized spacial score (nSPS) is 11.5. The number of benzene rings is 6. The van der Waals surface area contributed by atoms with Crippen molar-refractivity contribution in [2.45, 2.75) is 26.2 Å². The van der Waals surface area contributed by atoms with Gasteiger partial charge in [0.25, 0.3) is 6.33 Å². The Bertz CT molecular complexity index is 2740. The van der Waals surface area contributed by atoms with Crippen LogP contribution in [0.3, 0.4) is 0 Å². The third-order valence-corrected chi connectivity index (χ3v) is 9.66. The van der Waals surface area contributed by atoms with Crippen LogP contribution in [0.1, 0.15) is 26.3 Å². The standard InChI is InChI=1S/C48H36N4O.Pt/c1-48(2,3)37-25-26-49-47(30-37)52-45-20-11-10-19-41(45)42-23-22-40(32-46(42)52)53-39-18-12-17-38(31-39)50-27-28-51(33-50)44-24-21-36(34-13-6-4-7-14-34)29-43(44)35-15-8-5-9-16-35;/h4-30H,1-3H3;/q-2;. The summed E-state index contributed by atoms with van der Waals surface area (Å²) in [7, 11) is 0. The van der Waals surface area contributed by atoms with Crippen LogP contribution in [0.25, 0.3) is 61.3 Å². The summed E-state index contributed by atoms with van der Waals surface area (Å²) in [5.41, 5.74) is 9.63. The maximum absolute atomic E-state index is 6.46. The maximum Gasteiger partial charge on any atom is 0.267 e. The molecule has 6 aromatic carbocycles. The van der Waals surface area contributed by atoms with Crippen LogP contribution >= 0.6 is 0 Å². The van der Waals surface area contributed by atoms with Gasteiger partial charge in [-0.25, -0.2) is 4.98 Å². The Kier molecular flexibility index (Phi) is 9.35. The molecule has 0 aliphatic rings. The number of para-hydroxylation sites is 1. The molecule has 0 N–H and O–H groups in total. The molecular formula is C48H36N4OPt-2. The van der Waals surface area contributed by atoms with Gasteiger partial charge < -0.3 is 13.9 Å². The van der Waals surface area contributed by atoms with E-state index in [1.54, 1.807) is 0 Å². The molecular weight excluding hydrogens is 844 g/mol. The van der Waals surface area contributed by atoms with Gasteiger partial charge >= 0.3 is 0 Å². The van der Waals surface area contributed by atoms with Crippen molar-refractivity contribution in [2.24, 2.45) is 0 Å². The van der Waals surface area contributed by atoms with E-state index in [9.17, 15) is 0 Å². The summed E-state index contributed by atoms with van der Waals surface area (Å²) >= 11 is 0. The van der Waals surface area contributed by atoms with Crippen molar-refractivity contribution in [3.63, 3.8) is 0 Å². The fraction of sp³-hybridized carbons (Fsp3) is 0.0833. The monoisotopic (exact) mass is 879 g/mol. The van der Waals surface area contributed by atoms with Gasteiger partial charge in [-0.05, 0) is 74.6 Å². The van der Waals surface area contributed by atoms with E-state index in [1.807, 2.05) is 64.1 Å². The number of imidazole rings is 1. The smallest absolute Gasteiger partial charge is 0.267 e. The minimum atomic E-state index is -0.0110. The van der Waals surface area contributed by atoms with Crippen molar-refractivity contribution in [2.75, 3.05) is 0 Å². The summed E-state index contributed by atoms with van der Waals surface area (Å²) in [5.74, 6) is 2.03. The van der Waals surface area contributed by atoms with Crippen LogP contribution in [0.2, 0.25) is 0 Å². The molecule has 0 saturated heterocycles. The first kappa shape index (κ1) is 35.0. The fourth-order valence-electron chi connectivity index (χ4n) is 6.92. The summed E-state index contributed by atoms with van der Waals surface area (Å²) < 4.78 is 12.6. The van der Waals surface area contributed by atoms with E-state index in [0.717, 1.165) is 55.7 Å². The molecule has 9 aromatic rings. The Hall–Kier alpha value is -6.03. The van der Waals surface area contributed by atoms with Gasteiger partial charge in [0, 0.05) is 56.7 Å². The SMILES string of the molecule is CC(C)(C)c1ccnc(-n2c3[c-]c(Oc4[c-]c(-n5[c-][n+](-c6ccc(-c7ccccc7)cc6-c6ccccc6)cc5)ccc4)ccc3c3ccccc32)c1.[Pt]. The molecule has 9 rings (SSSR count). The third kappa shape index (κ3) is 6.68. The van der Waals surface area contributed by atoms with Crippen LogP contribution in [-0.2, 0) is 26.5 Å². The van der Waals surface area contributed by atoms with E-state index < -0.39 is 0 Å². The Morgan fingerprint density at radius 3 is 2.19 bits per heavy atom. The summed E-state index contributed by atoms with van der Waals surface area (Å²) in [6, 6.07) is 57.2. The molecule has 0 radical (unpaired) electrons. The van der Waals surface area contributed by atoms with Crippen LogP contribution in [0, 0.1) is 18.5 Å². The molecule has 0 aliphatic carbocycles. The van der Waals surface area contributed by atoms with Crippen LogP contribution in [0.4, 0.5) is 0 Å². The molecule has 0 atom stereocenters. The van der Waals surface area contributed by atoms with Crippen LogP contribution in [0.15, 0.2) is 164 Å². The number of ether oxygens (including phenoxy) is 1. The number of hydrogen-bond acceptors (Lipinski definition) is 2. The number of rotatable bonds is 7. The van der Waals surface area contributed by atoms with Gasteiger partial charge in [0.2, 0.25) is 0 Å². The predicted octanol–water partition coefficient (Wildman–Crippen LogP) is 11.1. The first-order valence-corrected chi connectivity index (χ1v) is 17.8. The first-order chi connectivity index (χ1) is 25.9. The van der Waals surface area contributed by atoms with Crippen molar-refractivity contribution in [3.05, 3.63) is 188 Å². The zero-order valence-corrected chi connectivity index (χ0v) is 32.4. The fourth-order valence-corrected chi connectivity index (χ4v) is 6.92. The Labute approximate surface area is 330 Å². The largest absolute Gasteiger partial charge is 0.510 e. The van der Waals surface area contributed by atoms with Gasteiger partial charge in [0.15, 0.2) is 0 Å². The van der Waals surface area contributed by atoms with Gasteiger partial charge in [0.05, 0.1) is 5.69 Å². The number of hydrogen-bond donors (Lipinski definition) is 0. The summed E-state index contributed by atoms with van der Waals surface area (Å²) in [6.45, 7) is 6.66. The molecule has 0 saturated carbocycles. The molecule has 0 amide bonds. The van der Waals surface area contributed by atoms with Crippen LogP contribution in [-0.4, -0.2) is 14.1 Å². The third-order valence-electron chi connectivity index (χ3n) is 9.66. The molecule has 0 fully saturated rings. The van der Waals surface area contributed by atoms with Gasteiger partial charge in [-0.2, -0.15) is 18.2 Å². The summed E-state index contributed by atoms with van der Waals surface area (Å²) in [6.07, 6.45) is 9.42. The minimum absolute atomic E-state index is 0. The van der Waals surface area contributed by atoms with Crippen molar-refractivity contribution < 1.29 is 30.4 Å². The Balaban J connectivity index is 0.00000413. The van der Waals surface area contributed by atoms with Crippen molar-refractivity contribution in [1.82, 2.24) is 14.1 Å².